The van der Waals surface area contributed by atoms with Crippen LogP contribution in [0.5, 0.6) is 0 Å². The summed E-state index contributed by atoms with van der Waals surface area (Å²) in [5, 5.41) is -3.86. The number of hydrogen-bond acceptors (Lipinski definition) is 4. The van der Waals surface area contributed by atoms with E-state index in [0.717, 1.165) is 6.42 Å². The quantitative estimate of drug-likeness (QED) is 0.516. The van der Waals surface area contributed by atoms with Gasteiger partial charge >= 0.3 is 11.2 Å². The van der Waals surface area contributed by atoms with Crippen molar-refractivity contribution >= 4 is 18.0 Å². The van der Waals surface area contributed by atoms with Gasteiger partial charge in [0.15, 0.2) is 6.17 Å². The predicted octanol–water partition coefficient (Wildman–Crippen LogP) is 3.88. The standard InChI is InChI=1S/C11H19F3O3S/c1-3-5-8(4-2)10(15)17-7-6-9(12)11(13,14)18-16/h8-9,16H,3-7H2,1-2H3. The molecule has 0 aromatic heterocycles. The highest BCUT2D eigenvalue weighted by molar-refractivity contribution is 7.94. The number of halogens is 3. The fourth-order valence-electron chi connectivity index (χ4n) is 1.44. The molecule has 0 aromatic carbocycles. The number of esters is 1. The maximum absolute atomic E-state index is 12.9. The molecule has 0 amide bonds. The number of alkyl halides is 3. The zero-order chi connectivity index (χ0) is 14.2. The van der Waals surface area contributed by atoms with Crippen LogP contribution in [0.3, 0.4) is 0 Å². The minimum absolute atomic E-state index is 0.263. The first-order valence-electron chi connectivity index (χ1n) is 5.90. The Hall–Kier alpha value is -0.430. The molecule has 1 N–H and O–H groups in total. The first-order valence-corrected chi connectivity index (χ1v) is 6.67. The third-order valence-electron chi connectivity index (χ3n) is 2.57. The van der Waals surface area contributed by atoms with Crippen LogP contribution in [0.15, 0.2) is 0 Å². The minimum atomic E-state index is -3.86. The van der Waals surface area contributed by atoms with Gasteiger partial charge in [0.1, 0.15) is 0 Å². The summed E-state index contributed by atoms with van der Waals surface area (Å²) in [6.45, 7) is 3.35. The SMILES string of the molecule is CCCC(CC)C(=O)OCCC(F)C(F)(F)SO. The Morgan fingerprint density at radius 2 is 2.00 bits per heavy atom. The molecule has 2 unspecified atom stereocenters. The normalized spacial score (nSPS) is 15.2. The van der Waals surface area contributed by atoms with Crippen molar-refractivity contribution in [1.82, 2.24) is 0 Å². The van der Waals surface area contributed by atoms with Crippen LogP contribution in [0.25, 0.3) is 0 Å². The average molecular weight is 288 g/mol. The number of carbonyl (C=O) groups excluding carboxylic acids is 1. The van der Waals surface area contributed by atoms with Crippen molar-refractivity contribution in [2.24, 2.45) is 5.92 Å². The fraction of sp³-hybridized carbons (Fsp3) is 0.909. The zero-order valence-corrected chi connectivity index (χ0v) is 11.3. The summed E-state index contributed by atoms with van der Waals surface area (Å²) >= 11 is -0.836. The lowest BCUT2D eigenvalue weighted by Gasteiger charge is -2.17. The maximum Gasteiger partial charge on any atom is 0.348 e. The van der Waals surface area contributed by atoms with E-state index in [0.29, 0.717) is 12.8 Å². The van der Waals surface area contributed by atoms with Crippen molar-refractivity contribution in [2.75, 3.05) is 6.61 Å². The molecular weight excluding hydrogens is 269 g/mol. The van der Waals surface area contributed by atoms with E-state index in [1.54, 1.807) is 0 Å². The van der Waals surface area contributed by atoms with E-state index in [-0.39, 0.29) is 5.92 Å². The smallest absolute Gasteiger partial charge is 0.348 e. The summed E-state index contributed by atoms with van der Waals surface area (Å²) in [5.74, 6) is -0.743. The van der Waals surface area contributed by atoms with Gasteiger partial charge in [-0.1, -0.05) is 20.3 Å². The second-order valence-electron chi connectivity index (χ2n) is 3.97. The summed E-state index contributed by atoms with van der Waals surface area (Å²) in [6.07, 6.45) is -1.08. The molecule has 0 aliphatic heterocycles. The van der Waals surface area contributed by atoms with Crippen molar-refractivity contribution in [3.63, 3.8) is 0 Å². The molecule has 2 atom stereocenters. The first-order chi connectivity index (χ1) is 8.38. The number of rotatable bonds is 9. The van der Waals surface area contributed by atoms with E-state index >= 15 is 0 Å². The van der Waals surface area contributed by atoms with Crippen molar-refractivity contribution in [1.29, 1.82) is 0 Å². The van der Waals surface area contributed by atoms with Crippen LogP contribution in [-0.2, 0) is 9.53 Å². The van der Waals surface area contributed by atoms with Crippen molar-refractivity contribution in [2.45, 2.75) is 51.0 Å². The molecule has 0 bridgehead atoms. The average Bonchev–Trinajstić information content (AvgIpc) is 2.35. The van der Waals surface area contributed by atoms with E-state index < -0.39 is 42.5 Å². The number of hydrogen-bond donors (Lipinski definition) is 1. The second kappa shape index (κ2) is 8.63. The van der Waals surface area contributed by atoms with Gasteiger partial charge in [-0.05, 0) is 12.8 Å². The molecule has 0 radical (unpaired) electrons. The number of ether oxygens (including phenoxy) is 1. The van der Waals surface area contributed by atoms with Crippen molar-refractivity contribution < 1.29 is 27.3 Å². The fourth-order valence-corrected chi connectivity index (χ4v) is 1.68. The van der Waals surface area contributed by atoms with Gasteiger partial charge < -0.3 is 9.29 Å². The largest absolute Gasteiger partial charge is 0.465 e. The molecule has 0 aliphatic rings. The molecule has 0 spiro atoms. The van der Waals surface area contributed by atoms with Gasteiger partial charge in [0, 0.05) is 6.42 Å². The van der Waals surface area contributed by atoms with Gasteiger partial charge in [-0.3, -0.25) is 4.79 Å². The lowest BCUT2D eigenvalue weighted by molar-refractivity contribution is -0.150. The molecule has 3 nitrogen and oxygen atoms in total. The summed E-state index contributed by atoms with van der Waals surface area (Å²) < 4.78 is 51.1. The van der Waals surface area contributed by atoms with E-state index in [2.05, 4.69) is 0 Å². The highest BCUT2D eigenvalue weighted by atomic mass is 32.2. The zero-order valence-electron chi connectivity index (χ0n) is 10.5. The van der Waals surface area contributed by atoms with E-state index in [1.165, 1.54) is 0 Å². The van der Waals surface area contributed by atoms with Crippen molar-refractivity contribution in [3.05, 3.63) is 0 Å². The second-order valence-corrected chi connectivity index (χ2v) is 4.70. The van der Waals surface area contributed by atoms with E-state index in [1.807, 2.05) is 13.8 Å². The third kappa shape index (κ3) is 5.95. The van der Waals surface area contributed by atoms with Crippen LogP contribution in [0, 0.1) is 5.92 Å². The molecule has 0 saturated carbocycles. The Morgan fingerprint density at radius 1 is 1.39 bits per heavy atom. The van der Waals surface area contributed by atoms with Gasteiger partial charge in [0.05, 0.1) is 24.6 Å². The summed E-state index contributed by atoms with van der Waals surface area (Å²) in [4.78, 5) is 11.5. The summed E-state index contributed by atoms with van der Waals surface area (Å²) in [7, 11) is 0. The Balaban J connectivity index is 4.00. The molecule has 18 heavy (non-hydrogen) atoms. The molecule has 0 heterocycles. The highest BCUT2D eigenvalue weighted by Gasteiger charge is 2.41. The highest BCUT2D eigenvalue weighted by Crippen LogP contribution is 2.33. The lowest BCUT2D eigenvalue weighted by atomic mass is 10.0. The molecule has 0 saturated heterocycles. The molecule has 0 fully saturated rings. The maximum atomic E-state index is 12.9. The Kier molecular flexibility index (Phi) is 8.43. The first kappa shape index (κ1) is 17.6. The van der Waals surface area contributed by atoms with Gasteiger partial charge in [0.2, 0.25) is 0 Å². The minimum Gasteiger partial charge on any atom is -0.465 e. The molecular formula is C11H19F3O3S. The van der Waals surface area contributed by atoms with Crippen LogP contribution in [0.1, 0.15) is 39.5 Å². The predicted molar refractivity (Wildman–Crippen MR) is 64.3 cm³/mol. The topological polar surface area (TPSA) is 46.5 Å². The molecule has 7 heteroatoms. The summed E-state index contributed by atoms with van der Waals surface area (Å²) in [6, 6.07) is 0. The Bertz CT molecular complexity index is 252. The molecule has 0 aliphatic carbocycles. The van der Waals surface area contributed by atoms with Gasteiger partial charge in [0.25, 0.3) is 0 Å². The van der Waals surface area contributed by atoms with E-state index in [9.17, 15) is 18.0 Å². The Morgan fingerprint density at radius 3 is 2.44 bits per heavy atom. The third-order valence-corrected chi connectivity index (χ3v) is 3.06. The van der Waals surface area contributed by atoms with Gasteiger partial charge in [-0.15, -0.1) is 0 Å². The van der Waals surface area contributed by atoms with Crippen LogP contribution in [-0.4, -0.2) is 28.6 Å². The van der Waals surface area contributed by atoms with Crippen LogP contribution in [0.2, 0.25) is 0 Å². The molecule has 108 valence electrons. The monoisotopic (exact) mass is 288 g/mol. The molecule has 0 aromatic rings. The molecule has 0 rings (SSSR count). The lowest BCUT2D eigenvalue weighted by Crippen LogP contribution is -2.28. The summed E-state index contributed by atoms with van der Waals surface area (Å²) in [5.41, 5.74) is 0. The van der Waals surface area contributed by atoms with Crippen molar-refractivity contribution in [3.8, 4) is 0 Å². The van der Waals surface area contributed by atoms with Crippen LogP contribution >= 0.6 is 12.0 Å². The van der Waals surface area contributed by atoms with Crippen LogP contribution < -0.4 is 0 Å². The van der Waals surface area contributed by atoms with E-state index in [4.69, 9.17) is 9.29 Å². The van der Waals surface area contributed by atoms with Gasteiger partial charge in [-0.2, -0.15) is 8.78 Å². The van der Waals surface area contributed by atoms with Crippen LogP contribution in [0.4, 0.5) is 13.2 Å². The van der Waals surface area contributed by atoms with Gasteiger partial charge in [-0.25, -0.2) is 4.39 Å². The Labute approximate surface area is 109 Å². The number of carbonyl (C=O) groups is 1.